The van der Waals surface area contributed by atoms with Gasteiger partial charge in [0.05, 0.1) is 0 Å². The lowest BCUT2D eigenvalue weighted by atomic mass is 10.1. The number of halogens is 3. The van der Waals surface area contributed by atoms with E-state index in [2.05, 4.69) is 10.6 Å². The monoisotopic (exact) mass is 349 g/mol. The van der Waals surface area contributed by atoms with E-state index in [1.165, 1.54) is 0 Å². The van der Waals surface area contributed by atoms with Crippen LogP contribution in [0.15, 0.2) is 36.4 Å². The Labute approximate surface area is 143 Å². The fraction of sp³-hybridized carbons (Fsp3) is 0.278. The maximum Gasteiger partial charge on any atom is 0.321 e. The first-order valence-electron chi connectivity index (χ1n) is 8.02. The molecule has 0 spiro atoms. The van der Waals surface area contributed by atoms with Gasteiger partial charge >= 0.3 is 6.03 Å². The molecule has 0 aromatic heterocycles. The molecule has 1 saturated heterocycles. The zero-order valence-electron chi connectivity index (χ0n) is 13.7. The summed E-state index contributed by atoms with van der Waals surface area (Å²) in [6.45, 7) is 3.00. The average molecular weight is 349 g/mol. The van der Waals surface area contributed by atoms with E-state index in [0.29, 0.717) is 18.8 Å². The van der Waals surface area contributed by atoms with Crippen LogP contribution in [0.25, 0.3) is 0 Å². The topological polar surface area (TPSA) is 44.4 Å². The number of hydrogen-bond acceptors (Lipinski definition) is 2. The summed E-state index contributed by atoms with van der Waals surface area (Å²) in [5.74, 6) is -3.92. The van der Waals surface area contributed by atoms with Crippen molar-refractivity contribution < 1.29 is 18.0 Å². The van der Waals surface area contributed by atoms with Crippen molar-refractivity contribution in [2.75, 3.05) is 23.3 Å². The molecule has 25 heavy (non-hydrogen) atoms. The standard InChI is InChI=1S/C18H18F3N3O/c1-11(12-8-15(19)17(21)16(20)9-12)23-13-4-2-5-14(10-13)24-7-3-6-22-18(24)25/h2,4-5,8-11,23H,3,6-7H2,1H3,(H,22,25)/t11-/m0/s1. The maximum absolute atomic E-state index is 13.4. The number of hydrogen-bond donors (Lipinski definition) is 2. The number of anilines is 2. The molecule has 132 valence electrons. The number of rotatable bonds is 4. The Hall–Kier alpha value is -2.70. The number of nitrogens with one attached hydrogen (secondary N) is 2. The molecule has 0 bridgehead atoms. The molecular weight excluding hydrogens is 331 g/mol. The fourth-order valence-corrected chi connectivity index (χ4v) is 2.80. The average Bonchev–Trinajstić information content (AvgIpc) is 2.60. The minimum atomic E-state index is -1.48. The van der Waals surface area contributed by atoms with Crippen molar-refractivity contribution >= 4 is 17.4 Å². The lowest BCUT2D eigenvalue weighted by molar-refractivity contribution is 0.243. The number of carbonyl (C=O) groups is 1. The first-order chi connectivity index (χ1) is 12.0. The van der Waals surface area contributed by atoms with Crippen molar-refractivity contribution in [2.24, 2.45) is 0 Å². The van der Waals surface area contributed by atoms with Crippen LogP contribution in [0.5, 0.6) is 0 Å². The predicted octanol–water partition coefficient (Wildman–Crippen LogP) is 4.20. The van der Waals surface area contributed by atoms with Crippen LogP contribution in [-0.4, -0.2) is 19.1 Å². The smallest absolute Gasteiger partial charge is 0.321 e. The molecule has 2 aromatic rings. The van der Waals surface area contributed by atoms with Gasteiger partial charge < -0.3 is 10.6 Å². The molecule has 1 heterocycles. The summed E-state index contributed by atoms with van der Waals surface area (Å²) in [5, 5.41) is 5.89. The highest BCUT2D eigenvalue weighted by Gasteiger charge is 2.20. The number of amides is 2. The second kappa shape index (κ2) is 7.04. The Morgan fingerprint density at radius 2 is 1.88 bits per heavy atom. The van der Waals surface area contributed by atoms with E-state index < -0.39 is 23.5 Å². The summed E-state index contributed by atoms with van der Waals surface area (Å²) < 4.78 is 39.9. The molecule has 1 fully saturated rings. The first kappa shape index (κ1) is 17.1. The minimum Gasteiger partial charge on any atom is -0.378 e. The van der Waals surface area contributed by atoms with Gasteiger partial charge in [-0.05, 0) is 49.2 Å². The number of urea groups is 1. The molecular formula is C18H18F3N3O. The highest BCUT2D eigenvalue weighted by Crippen LogP contribution is 2.26. The van der Waals surface area contributed by atoms with Gasteiger partial charge in [0, 0.05) is 30.5 Å². The first-order valence-corrected chi connectivity index (χ1v) is 8.02. The van der Waals surface area contributed by atoms with Crippen LogP contribution in [0, 0.1) is 17.5 Å². The van der Waals surface area contributed by atoms with Crippen molar-refractivity contribution in [3.05, 3.63) is 59.4 Å². The van der Waals surface area contributed by atoms with Crippen LogP contribution in [0.2, 0.25) is 0 Å². The van der Waals surface area contributed by atoms with Gasteiger partial charge in [-0.1, -0.05) is 6.07 Å². The zero-order chi connectivity index (χ0) is 18.0. The maximum atomic E-state index is 13.4. The van der Waals surface area contributed by atoms with Gasteiger partial charge in [0.25, 0.3) is 0 Å². The van der Waals surface area contributed by atoms with E-state index in [1.54, 1.807) is 30.0 Å². The van der Waals surface area contributed by atoms with Crippen LogP contribution in [0.3, 0.4) is 0 Å². The molecule has 2 amide bonds. The van der Waals surface area contributed by atoms with E-state index in [1.807, 2.05) is 6.07 Å². The lowest BCUT2D eigenvalue weighted by Crippen LogP contribution is -2.46. The van der Waals surface area contributed by atoms with E-state index in [4.69, 9.17) is 0 Å². The second-order valence-corrected chi connectivity index (χ2v) is 5.95. The Morgan fingerprint density at radius 3 is 2.56 bits per heavy atom. The van der Waals surface area contributed by atoms with Gasteiger partial charge in [-0.3, -0.25) is 4.90 Å². The summed E-state index contributed by atoms with van der Waals surface area (Å²) in [7, 11) is 0. The quantitative estimate of drug-likeness (QED) is 0.813. The van der Waals surface area contributed by atoms with Crippen LogP contribution in [-0.2, 0) is 0 Å². The summed E-state index contributed by atoms with van der Waals surface area (Å²) in [6.07, 6.45) is 0.855. The zero-order valence-corrected chi connectivity index (χ0v) is 13.7. The van der Waals surface area contributed by atoms with Crippen molar-refractivity contribution in [3.8, 4) is 0 Å². The van der Waals surface area contributed by atoms with E-state index in [-0.39, 0.29) is 11.6 Å². The summed E-state index contributed by atoms with van der Waals surface area (Å²) in [5.41, 5.74) is 1.71. The van der Waals surface area contributed by atoms with Crippen molar-refractivity contribution in [2.45, 2.75) is 19.4 Å². The summed E-state index contributed by atoms with van der Waals surface area (Å²) in [6, 6.07) is 8.52. The SMILES string of the molecule is C[C@H](Nc1cccc(N2CCCNC2=O)c1)c1cc(F)c(F)c(F)c1. The van der Waals surface area contributed by atoms with Crippen molar-refractivity contribution in [1.29, 1.82) is 0 Å². The molecule has 0 radical (unpaired) electrons. The summed E-state index contributed by atoms with van der Waals surface area (Å²) in [4.78, 5) is 13.6. The van der Waals surface area contributed by atoms with Crippen LogP contribution in [0.4, 0.5) is 29.3 Å². The third-order valence-corrected chi connectivity index (χ3v) is 4.13. The largest absolute Gasteiger partial charge is 0.378 e. The molecule has 1 aliphatic rings. The van der Waals surface area contributed by atoms with Gasteiger partial charge in [0.15, 0.2) is 17.5 Å². The molecule has 0 unspecified atom stereocenters. The molecule has 4 nitrogen and oxygen atoms in total. The van der Waals surface area contributed by atoms with Gasteiger partial charge in [-0.25, -0.2) is 18.0 Å². The number of nitrogens with zero attached hydrogens (tertiary/aromatic N) is 1. The summed E-state index contributed by atoms with van der Waals surface area (Å²) >= 11 is 0. The van der Waals surface area contributed by atoms with Gasteiger partial charge in [0.1, 0.15) is 0 Å². The minimum absolute atomic E-state index is 0.154. The van der Waals surface area contributed by atoms with Crippen LogP contribution < -0.4 is 15.5 Å². The van der Waals surface area contributed by atoms with Crippen LogP contribution >= 0.6 is 0 Å². The third kappa shape index (κ3) is 3.70. The Morgan fingerprint density at radius 1 is 1.16 bits per heavy atom. The highest BCUT2D eigenvalue weighted by molar-refractivity contribution is 5.93. The van der Waals surface area contributed by atoms with Crippen LogP contribution in [0.1, 0.15) is 24.9 Å². The molecule has 2 aromatic carbocycles. The number of carbonyl (C=O) groups excluding carboxylic acids is 1. The van der Waals surface area contributed by atoms with Crippen molar-refractivity contribution in [3.63, 3.8) is 0 Å². The van der Waals surface area contributed by atoms with Gasteiger partial charge in [-0.15, -0.1) is 0 Å². The molecule has 0 saturated carbocycles. The third-order valence-electron chi connectivity index (χ3n) is 4.13. The van der Waals surface area contributed by atoms with Gasteiger partial charge in [-0.2, -0.15) is 0 Å². The van der Waals surface area contributed by atoms with E-state index >= 15 is 0 Å². The molecule has 1 atom stereocenters. The molecule has 7 heteroatoms. The fourth-order valence-electron chi connectivity index (χ4n) is 2.80. The second-order valence-electron chi connectivity index (χ2n) is 5.95. The Kier molecular flexibility index (Phi) is 4.83. The van der Waals surface area contributed by atoms with E-state index in [0.717, 1.165) is 24.2 Å². The molecule has 1 aliphatic heterocycles. The predicted molar refractivity (Wildman–Crippen MR) is 90.2 cm³/mol. The van der Waals surface area contributed by atoms with E-state index in [9.17, 15) is 18.0 Å². The lowest BCUT2D eigenvalue weighted by Gasteiger charge is -2.28. The normalized spacial score (nSPS) is 15.7. The van der Waals surface area contributed by atoms with Crippen molar-refractivity contribution in [1.82, 2.24) is 5.32 Å². The molecule has 0 aliphatic carbocycles. The molecule has 3 rings (SSSR count). The molecule has 2 N–H and O–H groups in total. The van der Waals surface area contributed by atoms with Gasteiger partial charge in [0.2, 0.25) is 0 Å². The Balaban J connectivity index is 1.79. The Bertz CT molecular complexity index is 774. The number of benzene rings is 2. The highest BCUT2D eigenvalue weighted by atomic mass is 19.2.